The lowest BCUT2D eigenvalue weighted by atomic mass is 9.68. The number of nitrogens with one attached hydrogen (secondary N) is 1. The molecule has 0 unspecified atom stereocenters. The molecule has 2 aromatic rings. The van der Waals surface area contributed by atoms with Gasteiger partial charge in [0.05, 0.1) is 18.4 Å². The standard InChI is InChI=1S/C32H39ClN2O3S/c1-20-5-3-7-29(36)26-11-8-24(26)17-35-18-32(14-4-6-22-15-25(33)10-12-27(22)32)19-38-30-13-9-23(16-28(30)35)31(37)34-39-21(20)2/h3,7,9-10,12-13,15-16,20-21,24,26,29,36H,4-6,8,11,14,17-19H2,1-2H3,(H,34,37)/b7-3+/t20-,21-,24+,26-,29+,32+/m1/s1. The molecule has 39 heavy (non-hydrogen) atoms. The van der Waals surface area contributed by atoms with Gasteiger partial charge in [0.1, 0.15) is 5.75 Å². The van der Waals surface area contributed by atoms with Crippen molar-refractivity contribution < 1.29 is 14.6 Å². The first-order valence-electron chi connectivity index (χ1n) is 14.4. The summed E-state index contributed by atoms with van der Waals surface area (Å²) < 4.78 is 9.67. The summed E-state index contributed by atoms with van der Waals surface area (Å²) in [6.45, 7) is 6.59. The summed E-state index contributed by atoms with van der Waals surface area (Å²) in [7, 11) is 0. The number of nitrogens with zero attached hydrogens (tertiary/aromatic N) is 1. The van der Waals surface area contributed by atoms with Crippen LogP contribution in [-0.4, -0.2) is 42.1 Å². The molecule has 2 N–H and O–H groups in total. The first-order chi connectivity index (χ1) is 18.8. The highest BCUT2D eigenvalue weighted by molar-refractivity contribution is 7.98. The van der Waals surface area contributed by atoms with Gasteiger partial charge in [-0.25, -0.2) is 0 Å². The fourth-order valence-corrected chi connectivity index (χ4v) is 7.85. The Morgan fingerprint density at radius 1 is 1.18 bits per heavy atom. The number of carbonyl (C=O) groups is 1. The van der Waals surface area contributed by atoms with E-state index in [0.29, 0.717) is 24.0 Å². The molecule has 0 saturated heterocycles. The summed E-state index contributed by atoms with van der Waals surface area (Å²) in [5.74, 6) is 1.78. The number of ether oxygens (including phenoxy) is 1. The van der Waals surface area contributed by atoms with Gasteiger partial charge >= 0.3 is 0 Å². The molecule has 1 amide bonds. The minimum Gasteiger partial charge on any atom is -0.490 e. The van der Waals surface area contributed by atoms with Crippen molar-refractivity contribution >= 4 is 35.1 Å². The molecule has 6 atom stereocenters. The van der Waals surface area contributed by atoms with Gasteiger partial charge in [0.15, 0.2) is 0 Å². The fourth-order valence-electron chi connectivity index (χ4n) is 6.90. The van der Waals surface area contributed by atoms with Crippen molar-refractivity contribution in [3.63, 3.8) is 0 Å². The van der Waals surface area contributed by atoms with Gasteiger partial charge in [-0.15, -0.1) is 0 Å². The van der Waals surface area contributed by atoms with Crippen molar-refractivity contribution in [3.8, 4) is 5.75 Å². The van der Waals surface area contributed by atoms with Gasteiger partial charge < -0.3 is 14.7 Å². The number of carbonyl (C=O) groups excluding carboxylic acids is 1. The van der Waals surface area contributed by atoms with Crippen LogP contribution in [0, 0.1) is 17.8 Å². The van der Waals surface area contributed by atoms with Crippen molar-refractivity contribution in [1.82, 2.24) is 4.72 Å². The van der Waals surface area contributed by atoms with E-state index in [1.165, 1.54) is 23.1 Å². The molecule has 1 fully saturated rings. The third kappa shape index (κ3) is 5.32. The Hall–Kier alpha value is -2.15. The Morgan fingerprint density at radius 3 is 2.87 bits per heavy atom. The zero-order chi connectivity index (χ0) is 27.1. The number of allylic oxidation sites excluding steroid dienone is 1. The fraction of sp³-hybridized carbons (Fsp3) is 0.531. The first kappa shape index (κ1) is 27.0. The predicted molar refractivity (Wildman–Crippen MR) is 160 cm³/mol. The lowest BCUT2D eigenvalue weighted by molar-refractivity contribution is 0.0456. The lowest BCUT2D eigenvalue weighted by Crippen LogP contribution is -2.49. The average molecular weight is 567 g/mol. The van der Waals surface area contributed by atoms with Crippen molar-refractivity contribution in [2.24, 2.45) is 17.8 Å². The molecule has 2 bridgehead atoms. The lowest BCUT2D eigenvalue weighted by Gasteiger charge is -2.45. The van der Waals surface area contributed by atoms with Crippen LogP contribution < -0.4 is 14.4 Å². The van der Waals surface area contributed by atoms with Crippen LogP contribution in [0.15, 0.2) is 48.6 Å². The Bertz CT molecular complexity index is 1270. The highest BCUT2D eigenvalue weighted by atomic mass is 35.5. The SMILES string of the molecule is C[C@@H]1C/C=C/[C@H](O)[C@@H]2CC[C@H]2CN2C[C@@]3(CCCc4cc(Cl)ccc43)COc3ccc(cc32)C(=O)NS[C@@H]1C. The van der Waals surface area contributed by atoms with E-state index in [4.69, 9.17) is 16.3 Å². The molecule has 2 heterocycles. The summed E-state index contributed by atoms with van der Waals surface area (Å²) in [6.07, 6.45) is 9.93. The number of rotatable bonds is 0. The van der Waals surface area contributed by atoms with E-state index in [9.17, 15) is 9.90 Å². The molecule has 5 nitrogen and oxygen atoms in total. The molecular weight excluding hydrogens is 528 g/mol. The summed E-state index contributed by atoms with van der Waals surface area (Å²) in [5.41, 5.74) is 4.14. The van der Waals surface area contributed by atoms with Crippen molar-refractivity contribution in [1.29, 1.82) is 0 Å². The quantitative estimate of drug-likeness (QED) is 0.279. The van der Waals surface area contributed by atoms with Gasteiger partial charge in [0.2, 0.25) is 0 Å². The van der Waals surface area contributed by atoms with E-state index in [-0.39, 0.29) is 22.5 Å². The monoisotopic (exact) mass is 566 g/mol. The van der Waals surface area contributed by atoms with Gasteiger partial charge in [-0.2, -0.15) is 0 Å². The smallest absolute Gasteiger partial charge is 0.261 e. The molecule has 0 radical (unpaired) electrons. The summed E-state index contributed by atoms with van der Waals surface area (Å²) in [6, 6.07) is 12.2. The van der Waals surface area contributed by atoms with E-state index in [1.54, 1.807) is 0 Å². The number of hydrogen-bond acceptors (Lipinski definition) is 5. The van der Waals surface area contributed by atoms with Crippen molar-refractivity contribution in [2.75, 3.05) is 24.6 Å². The number of amides is 1. The molecule has 6 rings (SSSR count). The van der Waals surface area contributed by atoms with Crippen LogP contribution in [0.25, 0.3) is 0 Å². The van der Waals surface area contributed by atoms with Gasteiger partial charge in [-0.05, 0) is 110 Å². The van der Waals surface area contributed by atoms with Crippen LogP contribution in [0.2, 0.25) is 5.02 Å². The maximum Gasteiger partial charge on any atom is 0.261 e. The van der Waals surface area contributed by atoms with Gasteiger partial charge in [0.25, 0.3) is 5.91 Å². The number of aryl methyl sites for hydroxylation is 1. The number of aliphatic hydroxyl groups is 1. The molecule has 0 aromatic heterocycles. The maximum atomic E-state index is 13.2. The molecule has 2 aliphatic carbocycles. The van der Waals surface area contributed by atoms with Crippen LogP contribution in [0.4, 0.5) is 5.69 Å². The predicted octanol–water partition coefficient (Wildman–Crippen LogP) is 6.56. The molecular formula is C32H39ClN2O3S. The van der Waals surface area contributed by atoms with Crippen molar-refractivity contribution in [3.05, 3.63) is 70.3 Å². The normalized spacial score (nSPS) is 33.6. The number of aliphatic hydroxyl groups excluding tert-OH is 1. The number of anilines is 1. The molecule has 1 spiro atoms. The van der Waals surface area contributed by atoms with E-state index < -0.39 is 6.10 Å². The minimum atomic E-state index is -0.424. The van der Waals surface area contributed by atoms with Gasteiger partial charge in [-0.3, -0.25) is 9.52 Å². The summed E-state index contributed by atoms with van der Waals surface area (Å²) in [4.78, 5) is 15.7. The summed E-state index contributed by atoms with van der Waals surface area (Å²) >= 11 is 7.88. The number of halogens is 1. The van der Waals surface area contributed by atoms with Crippen LogP contribution in [0.3, 0.4) is 0 Å². The van der Waals surface area contributed by atoms with E-state index in [1.807, 2.05) is 30.3 Å². The second-order valence-electron chi connectivity index (χ2n) is 12.2. The van der Waals surface area contributed by atoms with Gasteiger partial charge in [0, 0.05) is 34.3 Å². The molecule has 4 aliphatic rings. The van der Waals surface area contributed by atoms with Crippen LogP contribution in [-0.2, 0) is 11.8 Å². The zero-order valence-corrected chi connectivity index (χ0v) is 24.4. The van der Waals surface area contributed by atoms with Crippen LogP contribution in [0.5, 0.6) is 5.75 Å². The molecule has 2 aromatic carbocycles. The van der Waals surface area contributed by atoms with Gasteiger partial charge in [-0.1, -0.05) is 43.7 Å². The minimum absolute atomic E-state index is 0.0713. The second-order valence-corrected chi connectivity index (χ2v) is 13.8. The Balaban J connectivity index is 1.39. The average Bonchev–Trinajstić information content (AvgIpc) is 3.05. The molecule has 208 valence electrons. The van der Waals surface area contributed by atoms with Crippen LogP contribution >= 0.6 is 23.5 Å². The largest absolute Gasteiger partial charge is 0.490 e. The maximum absolute atomic E-state index is 13.2. The highest BCUT2D eigenvalue weighted by Crippen LogP contribution is 2.46. The highest BCUT2D eigenvalue weighted by Gasteiger charge is 2.44. The van der Waals surface area contributed by atoms with Crippen molar-refractivity contribution in [2.45, 2.75) is 69.1 Å². The molecule has 1 saturated carbocycles. The first-order valence-corrected chi connectivity index (χ1v) is 15.7. The van der Waals surface area contributed by atoms with E-state index in [2.05, 4.69) is 41.7 Å². The molecule has 7 heteroatoms. The van der Waals surface area contributed by atoms with Crippen LogP contribution in [0.1, 0.15) is 67.4 Å². The van der Waals surface area contributed by atoms with E-state index >= 15 is 0 Å². The summed E-state index contributed by atoms with van der Waals surface area (Å²) in [5, 5.41) is 12.1. The Morgan fingerprint density at radius 2 is 2.05 bits per heavy atom. The number of hydrogen-bond donors (Lipinski definition) is 2. The molecule has 2 aliphatic heterocycles. The third-order valence-electron chi connectivity index (χ3n) is 9.65. The Kier molecular flexibility index (Phi) is 7.64. The topological polar surface area (TPSA) is 61.8 Å². The third-order valence-corrected chi connectivity index (χ3v) is 11.0. The Labute approximate surface area is 241 Å². The number of benzene rings is 2. The second kappa shape index (κ2) is 11.0. The van der Waals surface area contributed by atoms with E-state index in [0.717, 1.165) is 68.1 Å². The zero-order valence-electron chi connectivity index (χ0n) is 22.9. The number of fused-ring (bicyclic) bond motifs is 4.